The van der Waals surface area contributed by atoms with Crippen LogP contribution in [0, 0.1) is 11.6 Å². The van der Waals surface area contributed by atoms with Gasteiger partial charge < -0.3 is 10.4 Å². The van der Waals surface area contributed by atoms with Crippen molar-refractivity contribution >= 4 is 40.3 Å². The maximum Gasteiger partial charge on any atom is 0.408 e. The second kappa shape index (κ2) is 9.71. The van der Waals surface area contributed by atoms with E-state index in [-0.39, 0.29) is 29.8 Å². The number of benzene rings is 1. The minimum Gasteiger partial charge on any atom is -0.391 e. The van der Waals surface area contributed by atoms with Crippen LogP contribution in [0.2, 0.25) is 5.02 Å². The van der Waals surface area contributed by atoms with Crippen LogP contribution in [0.1, 0.15) is 30.1 Å². The van der Waals surface area contributed by atoms with Crippen LogP contribution in [0.3, 0.4) is 0 Å². The molecule has 2 aromatic heterocycles. The third-order valence-corrected chi connectivity index (χ3v) is 6.08. The number of halogens is 6. The summed E-state index contributed by atoms with van der Waals surface area (Å²) in [6.07, 6.45) is -5.71. The number of rotatable bonds is 5. The Hall–Kier alpha value is -3.58. The van der Waals surface area contributed by atoms with Gasteiger partial charge in [0.15, 0.2) is 11.5 Å². The van der Waals surface area contributed by atoms with Crippen molar-refractivity contribution in [2.45, 2.75) is 38.1 Å². The summed E-state index contributed by atoms with van der Waals surface area (Å²) in [4.78, 5) is 43.5. The zero-order valence-electron chi connectivity index (χ0n) is 18.9. The van der Waals surface area contributed by atoms with E-state index in [9.17, 15) is 41.4 Å². The molecule has 2 amide bonds. The summed E-state index contributed by atoms with van der Waals surface area (Å²) >= 11 is 6.06. The number of hydrogen-bond donors (Lipinski definition) is 2. The SMILES string of the molecule is CC[C@@H](NC(=O)c1cn(-c2c(F)cc(F)cc2Cl)c2nc(N3C[C@@H](O)CC3=O)ccc2c1=O)C(F)(F)F. The van der Waals surface area contributed by atoms with Gasteiger partial charge in [-0.3, -0.25) is 23.9 Å². The quantitative estimate of drug-likeness (QED) is 0.479. The standard InChI is InChI=1S/C23H18ClF5N4O4/c1-2-16(23(27,28)29)30-22(37)13-9-33(19-14(24)5-10(25)6-15(19)26)21-12(20(13)36)3-4-17(31-21)32-8-11(34)7-18(32)35/h3-6,9,11,16,34H,2,7-8H2,1H3,(H,30,37)/t11-,16+/m0/s1. The molecular weight excluding hydrogens is 527 g/mol. The molecule has 2 N–H and O–H groups in total. The van der Waals surface area contributed by atoms with E-state index in [1.54, 1.807) is 5.32 Å². The van der Waals surface area contributed by atoms with Crippen LogP contribution in [-0.4, -0.2) is 51.3 Å². The van der Waals surface area contributed by atoms with Crippen molar-refractivity contribution in [3.05, 3.63) is 62.9 Å². The monoisotopic (exact) mass is 544 g/mol. The average molecular weight is 545 g/mol. The molecule has 37 heavy (non-hydrogen) atoms. The summed E-state index contributed by atoms with van der Waals surface area (Å²) < 4.78 is 69.1. The summed E-state index contributed by atoms with van der Waals surface area (Å²) in [6.45, 7) is 1.08. The summed E-state index contributed by atoms with van der Waals surface area (Å²) in [5.41, 5.74) is -2.66. The van der Waals surface area contributed by atoms with E-state index in [0.717, 1.165) is 27.8 Å². The van der Waals surface area contributed by atoms with Crippen LogP contribution < -0.4 is 15.6 Å². The van der Waals surface area contributed by atoms with Crippen molar-refractivity contribution in [2.75, 3.05) is 11.4 Å². The smallest absolute Gasteiger partial charge is 0.391 e. The molecule has 1 fully saturated rings. The van der Waals surface area contributed by atoms with Gasteiger partial charge in [0.1, 0.15) is 28.9 Å². The molecule has 1 aliphatic rings. The molecule has 1 saturated heterocycles. The van der Waals surface area contributed by atoms with E-state index in [4.69, 9.17) is 11.6 Å². The number of β-amino-alcohol motifs (C(OH)–C–C–N with tert-alkyl or cyclic N) is 1. The van der Waals surface area contributed by atoms with Gasteiger partial charge in [-0.25, -0.2) is 13.8 Å². The Bertz CT molecular complexity index is 1450. The molecule has 0 spiro atoms. The van der Waals surface area contributed by atoms with Crippen LogP contribution in [0.25, 0.3) is 16.7 Å². The summed E-state index contributed by atoms with van der Waals surface area (Å²) in [5.74, 6) is -4.14. The number of anilines is 1. The summed E-state index contributed by atoms with van der Waals surface area (Å²) in [6, 6.07) is 1.36. The van der Waals surface area contributed by atoms with Crippen LogP contribution in [-0.2, 0) is 4.79 Å². The number of aliphatic hydroxyl groups excluding tert-OH is 1. The molecule has 0 radical (unpaired) electrons. The van der Waals surface area contributed by atoms with Crippen molar-refractivity contribution in [3.8, 4) is 5.69 Å². The number of nitrogens with zero attached hydrogens (tertiary/aromatic N) is 3. The van der Waals surface area contributed by atoms with Crippen molar-refractivity contribution in [3.63, 3.8) is 0 Å². The highest BCUT2D eigenvalue weighted by atomic mass is 35.5. The van der Waals surface area contributed by atoms with Crippen LogP contribution in [0.5, 0.6) is 0 Å². The highest BCUT2D eigenvalue weighted by Gasteiger charge is 2.40. The predicted molar refractivity (Wildman–Crippen MR) is 123 cm³/mol. The molecule has 2 atom stereocenters. The normalized spacial score (nSPS) is 16.9. The third-order valence-electron chi connectivity index (χ3n) is 5.79. The number of aromatic nitrogens is 2. The molecule has 3 heterocycles. The largest absolute Gasteiger partial charge is 0.408 e. The van der Waals surface area contributed by atoms with Gasteiger partial charge in [0.05, 0.1) is 29.5 Å². The fourth-order valence-electron chi connectivity index (χ4n) is 4.00. The van der Waals surface area contributed by atoms with Crippen molar-refractivity contribution < 1.29 is 36.6 Å². The molecule has 1 aromatic carbocycles. The lowest BCUT2D eigenvalue weighted by molar-refractivity contribution is -0.153. The van der Waals surface area contributed by atoms with Crippen LogP contribution in [0.15, 0.2) is 35.3 Å². The minimum absolute atomic E-state index is 0.0267. The van der Waals surface area contributed by atoms with Gasteiger partial charge in [0.2, 0.25) is 11.3 Å². The van der Waals surface area contributed by atoms with E-state index in [0.29, 0.717) is 6.07 Å². The number of nitrogens with one attached hydrogen (secondary N) is 1. The Balaban J connectivity index is 1.96. The Labute approximate surface area is 210 Å². The zero-order valence-corrected chi connectivity index (χ0v) is 19.7. The lowest BCUT2D eigenvalue weighted by atomic mass is 10.1. The lowest BCUT2D eigenvalue weighted by Crippen LogP contribution is -2.46. The molecule has 4 rings (SSSR count). The van der Waals surface area contributed by atoms with E-state index in [1.807, 2.05) is 0 Å². The number of alkyl halides is 3. The molecule has 0 unspecified atom stereocenters. The number of carbonyl (C=O) groups excluding carboxylic acids is 2. The van der Waals surface area contributed by atoms with E-state index in [2.05, 4.69) is 4.98 Å². The Morgan fingerprint density at radius 1 is 1.27 bits per heavy atom. The first kappa shape index (κ1) is 26.5. The van der Waals surface area contributed by atoms with E-state index in [1.165, 1.54) is 13.0 Å². The number of aliphatic hydroxyl groups is 1. The second-order valence-corrected chi connectivity index (χ2v) is 8.75. The van der Waals surface area contributed by atoms with Gasteiger partial charge in [0, 0.05) is 12.3 Å². The number of amides is 2. The Kier molecular flexibility index (Phi) is 6.95. The molecule has 196 valence electrons. The van der Waals surface area contributed by atoms with Crippen LogP contribution in [0.4, 0.5) is 27.8 Å². The Morgan fingerprint density at radius 2 is 1.97 bits per heavy atom. The zero-order chi connectivity index (χ0) is 27.2. The van der Waals surface area contributed by atoms with Gasteiger partial charge in [-0.15, -0.1) is 0 Å². The first-order valence-corrected chi connectivity index (χ1v) is 11.3. The molecule has 14 heteroatoms. The van der Waals surface area contributed by atoms with Crippen molar-refractivity contribution in [1.82, 2.24) is 14.9 Å². The predicted octanol–water partition coefficient (Wildman–Crippen LogP) is 3.49. The van der Waals surface area contributed by atoms with Gasteiger partial charge in [0.25, 0.3) is 5.91 Å². The van der Waals surface area contributed by atoms with Crippen molar-refractivity contribution in [1.29, 1.82) is 0 Å². The molecule has 0 bridgehead atoms. The third kappa shape index (κ3) is 5.01. The highest BCUT2D eigenvalue weighted by Crippen LogP contribution is 2.30. The summed E-state index contributed by atoms with van der Waals surface area (Å²) in [7, 11) is 0. The first-order valence-electron chi connectivity index (χ1n) is 10.9. The van der Waals surface area contributed by atoms with Gasteiger partial charge >= 0.3 is 6.18 Å². The topological polar surface area (TPSA) is 105 Å². The number of carbonyl (C=O) groups is 2. The summed E-state index contributed by atoms with van der Waals surface area (Å²) in [5, 5.41) is 10.7. The molecule has 1 aliphatic heterocycles. The maximum absolute atomic E-state index is 14.9. The first-order chi connectivity index (χ1) is 17.3. The number of pyridine rings is 2. The van der Waals surface area contributed by atoms with E-state index >= 15 is 0 Å². The Morgan fingerprint density at radius 3 is 2.54 bits per heavy atom. The molecule has 0 saturated carbocycles. The van der Waals surface area contributed by atoms with Crippen molar-refractivity contribution in [2.24, 2.45) is 0 Å². The van der Waals surface area contributed by atoms with E-state index < -0.39 is 69.9 Å². The lowest BCUT2D eigenvalue weighted by Gasteiger charge is -2.21. The fourth-order valence-corrected chi connectivity index (χ4v) is 4.29. The molecular formula is C23H18ClF5N4O4. The molecule has 3 aromatic rings. The van der Waals surface area contributed by atoms with Gasteiger partial charge in [-0.05, 0) is 24.6 Å². The number of hydrogen-bond acceptors (Lipinski definition) is 5. The van der Waals surface area contributed by atoms with Crippen LogP contribution >= 0.6 is 11.6 Å². The highest BCUT2D eigenvalue weighted by molar-refractivity contribution is 6.32. The fraction of sp³-hybridized carbons (Fsp3) is 0.304. The number of fused-ring (bicyclic) bond motifs is 1. The molecule has 0 aliphatic carbocycles. The minimum atomic E-state index is -4.80. The second-order valence-electron chi connectivity index (χ2n) is 8.34. The molecule has 8 nitrogen and oxygen atoms in total. The average Bonchev–Trinajstić information content (AvgIpc) is 3.14. The van der Waals surface area contributed by atoms with Gasteiger partial charge in [-0.1, -0.05) is 18.5 Å². The maximum atomic E-state index is 14.9. The van der Waals surface area contributed by atoms with Gasteiger partial charge in [-0.2, -0.15) is 13.2 Å².